The molecule has 0 aliphatic carbocycles. The van der Waals surface area contributed by atoms with Crippen LogP contribution in [-0.4, -0.2) is 25.8 Å². The number of pyridine rings is 1. The molecule has 11 heteroatoms. The number of hydrogen-bond acceptors (Lipinski definition) is 8. The van der Waals surface area contributed by atoms with Gasteiger partial charge in [0, 0.05) is 22.5 Å². The summed E-state index contributed by atoms with van der Waals surface area (Å²) in [6, 6.07) is 23.6. The SMILES string of the molecule is O=c1c2ccccc2nc(-c2cc3cc(Cl)ccc3o2)n1N=Cc1ccc(Oc2ccc([N+](=O)[O-])cn2)cc1. The first kappa shape index (κ1) is 24.0. The molecule has 0 fully saturated rings. The third-order valence-electron chi connectivity index (χ3n) is 5.81. The molecule has 3 aromatic carbocycles. The Morgan fingerprint density at radius 1 is 1.03 bits per heavy atom. The number of rotatable bonds is 6. The summed E-state index contributed by atoms with van der Waals surface area (Å²) < 4.78 is 12.8. The van der Waals surface area contributed by atoms with Gasteiger partial charge in [0.15, 0.2) is 5.76 Å². The fourth-order valence-electron chi connectivity index (χ4n) is 3.92. The van der Waals surface area contributed by atoms with Gasteiger partial charge in [0.25, 0.3) is 11.2 Å². The number of fused-ring (bicyclic) bond motifs is 2. The van der Waals surface area contributed by atoms with Crippen molar-refractivity contribution < 1.29 is 14.1 Å². The molecule has 0 atom stereocenters. The Bertz CT molecular complexity index is 1950. The van der Waals surface area contributed by atoms with E-state index in [0.29, 0.717) is 38.6 Å². The largest absolute Gasteiger partial charge is 0.453 e. The first-order chi connectivity index (χ1) is 18.9. The zero-order chi connectivity index (χ0) is 26.9. The van der Waals surface area contributed by atoms with Gasteiger partial charge in [0.05, 0.1) is 22.0 Å². The van der Waals surface area contributed by atoms with E-state index in [9.17, 15) is 14.9 Å². The van der Waals surface area contributed by atoms with Gasteiger partial charge in [-0.05, 0) is 66.2 Å². The molecule has 0 radical (unpaired) electrons. The maximum atomic E-state index is 13.4. The van der Waals surface area contributed by atoms with Crippen LogP contribution in [0.1, 0.15) is 5.56 Å². The first-order valence-electron chi connectivity index (χ1n) is 11.6. The number of halogens is 1. The second kappa shape index (κ2) is 9.84. The van der Waals surface area contributed by atoms with E-state index in [4.69, 9.17) is 20.8 Å². The number of furan rings is 1. The van der Waals surface area contributed by atoms with Crippen LogP contribution in [0.3, 0.4) is 0 Å². The van der Waals surface area contributed by atoms with Crippen molar-refractivity contribution in [3.05, 3.63) is 122 Å². The zero-order valence-electron chi connectivity index (χ0n) is 19.9. The average Bonchev–Trinajstić information content (AvgIpc) is 3.37. The van der Waals surface area contributed by atoms with E-state index in [2.05, 4.69) is 15.1 Å². The van der Waals surface area contributed by atoms with E-state index < -0.39 is 4.92 Å². The van der Waals surface area contributed by atoms with Gasteiger partial charge >= 0.3 is 0 Å². The molecule has 39 heavy (non-hydrogen) atoms. The van der Waals surface area contributed by atoms with Crippen LogP contribution in [0.4, 0.5) is 5.69 Å². The van der Waals surface area contributed by atoms with Crippen LogP contribution in [0.15, 0.2) is 105 Å². The highest BCUT2D eigenvalue weighted by molar-refractivity contribution is 6.31. The lowest BCUT2D eigenvalue weighted by Gasteiger charge is -2.07. The van der Waals surface area contributed by atoms with Gasteiger partial charge in [-0.15, -0.1) is 0 Å². The minimum atomic E-state index is -0.531. The Kier molecular flexibility index (Phi) is 6.06. The monoisotopic (exact) mass is 537 g/mol. The Hall–Kier alpha value is -5.35. The molecule has 0 aliphatic rings. The Labute approximate surface area is 224 Å². The second-order valence-electron chi connectivity index (χ2n) is 8.39. The average molecular weight is 538 g/mol. The van der Waals surface area contributed by atoms with E-state index in [1.54, 1.807) is 72.8 Å². The van der Waals surface area contributed by atoms with Gasteiger partial charge < -0.3 is 9.15 Å². The lowest BCUT2D eigenvalue weighted by Crippen LogP contribution is -2.20. The molecule has 0 N–H and O–H groups in total. The van der Waals surface area contributed by atoms with Crippen molar-refractivity contribution in [1.82, 2.24) is 14.6 Å². The van der Waals surface area contributed by atoms with Crippen LogP contribution in [0.5, 0.6) is 11.6 Å². The summed E-state index contributed by atoms with van der Waals surface area (Å²) in [6.45, 7) is 0. The Morgan fingerprint density at radius 3 is 2.62 bits per heavy atom. The van der Waals surface area contributed by atoms with Crippen molar-refractivity contribution in [3.8, 4) is 23.2 Å². The molecular weight excluding hydrogens is 522 g/mol. The highest BCUT2D eigenvalue weighted by Crippen LogP contribution is 2.29. The fourth-order valence-corrected chi connectivity index (χ4v) is 4.10. The predicted molar refractivity (Wildman–Crippen MR) is 147 cm³/mol. The number of ether oxygens (including phenoxy) is 1. The van der Waals surface area contributed by atoms with Crippen LogP contribution in [0, 0.1) is 10.1 Å². The number of benzene rings is 3. The molecule has 3 aromatic heterocycles. The lowest BCUT2D eigenvalue weighted by molar-refractivity contribution is -0.385. The predicted octanol–water partition coefficient (Wildman–Crippen LogP) is 6.44. The molecule has 3 heterocycles. The molecule has 0 saturated carbocycles. The van der Waals surface area contributed by atoms with Crippen molar-refractivity contribution in [2.75, 3.05) is 0 Å². The molecule has 0 unspecified atom stereocenters. The van der Waals surface area contributed by atoms with Crippen LogP contribution in [0.25, 0.3) is 33.5 Å². The van der Waals surface area contributed by atoms with E-state index in [0.717, 1.165) is 11.6 Å². The molecular formula is C28H16ClN5O5. The van der Waals surface area contributed by atoms with Crippen molar-refractivity contribution in [2.45, 2.75) is 0 Å². The Balaban J connectivity index is 1.34. The lowest BCUT2D eigenvalue weighted by atomic mass is 10.2. The summed E-state index contributed by atoms with van der Waals surface area (Å²) in [7, 11) is 0. The number of nitrogens with zero attached hydrogens (tertiary/aromatic N) is 5. The molecule has 0 aliphatic heterocycles. The molecule has 10 nitrogen and oxygen atoms in total. The number of hydrogen-bond donors (Lipinski definition) is 0. The van der Waals surface area contributed by atoms with Gasteiger partial charge in [0.1, 0.15) is 17.5 Å². The third-order valence-corrected chi connectivity index (χ3v) is 6.04. The summed E-state index contributed by atoms with van der Waals surface area (Å²) in [5.41, 5.74) is 1.32. The van der Waals surface area contributed by atoms with E-state index in [-0.39, 0.29) is 23.0 Å². The topological polar surface area (TPSA) is 126 Å². The zero-order valence-corrected chi connectivity index (χ0v) is 20.6. The number of para-hydroxylation sites is 1. The van der Waals surface area contributed by atoms with Crippen molar-refractivity contribution in [1.29, 1.82) is 0 Å². The quantitative estimate of drug-likeness (QED) is 0.136. The maximum absolute atomic E-state index is 13.4. The van der Waals surface area contributed by atoms with Crippen LogP contribution in [-0.2, 0) is 0 Å². The Morgan fingerprint density at radius 2 is 1.85 bits per heavy atom. The minimum Gasteiger partial charge on any atom is -0.453 e. The highest BCUT2D eigenvalue weighted by Gasteiger charge is 2.16. The van der Waals surface area contributed by atoms with E-state index >= 15 is 0 Å². The smallest absolute Gasteiger partial charge is 0.287 e. The summed E-state index contributed by atoms with van der Waals surface area (Å²) in [5.74, 6) is 1.30. The number of nitro groups is 1. The summed E-state index contributed by atoms with van der Waals surface area (Å²) in [4.78, 5) is 32.3. The van der Waals surface area contributed by atoms with Crippen LogP contribution < -0.4 is 10.3 Å². The van der Waals surface area contributed by atoms with Crippen molar-refractivity contribution in [3.63, 3.8) is 0 Å². The third kappa shape index (κ3) is 4.83. The standard InChI is InChI=1S/C28H16ClN5O5/c29-19-7-11-24-18(13-19)14-25(39-24)27-32-23-4-2-1-3-22(23)28(35)33(27)31-15-17-5-9-21(10-6-17)38-26-12-8-20(16-30-26)34(36)37/h1-16H. The molecule has 6 rings (SSSR count). The second-order valence-corrected chi connectivity index (χ2v) is 8.83. The molecule has 6 aromatic rings. The van der Waals surface area contributed by atoms with Gasteiger partial charge in [-0.25, -0.2) is 9.97 Å². The molecule has 0 bridgehead atoms. The normalized spacial score (nSPS) is 11.4. The maximum Gasteiger partial charge on any atom is 0.287 e. The van der Waals surface area contributed by atoms with Crippen LogP contribution >= 0.6 is 11.6 Å². The van der Waals surface area contributed by atoms with Gasteiger partial charge in [-0.3, -0.25) is 14.9 Å². The molecule has 190 valence electrons. The number of aromatic nitrogens is 3. The summed E-state index contributed by atoms with van der Waals surface area (Å²) in [5, 5.41) is 17.0. The highest BCUT2D eigenvalue weighted by atomic mass is 35.5. The summed E-state index contributed by atoms with van der Waals surface area (Å²) in [6.07, 6.45) is 2.65. The minimum absolute atomic E-state index is 0.127. The van der Waals surface area contributed by atoms with E-state index in [1.807, 2.05) is 0 Å². The molecule has 0 saturated heterocycles. The van der Waals surface area contributed by atoms with E-state index in [1.165, 1.54) is 23.0 Å². The van der Waals surface area contributed by atoms with Gasteiger partial charge in [0.2, 0.25) is 11.7 Å². The van der Waals surface area contributed by atoms with Gasteiger partial charge in [-0.2, -0.15) is 9.78 Å². The van der Waals surface area contributed by atoms with Crippen LogP contribution in [0.2, 0.25) is 5.02 Å². The molecule has 0 amide bonds. The molecule has 0 spiro atoms. The first-order valence-corrected chi connectivity index (χ1v) is 12.0. The van der Waals surface area contributed by atoms with Crippen molar-refractivity contribution >= 4 is 45.4 Å². The summed E-state index contributed by atoms with van der Waals surface area (Å²) >= 11 is 6.13. The van der Waals surface area contributed by atoms with Crippen molar-refractivity contribution in [2.24, 2.45) is 5.10 Å². The fraction of sp³-hybridized carbons (Fsp3) is 0. The van der Waals surface area contributed by atoms with Gasteiger partial charge in [-0.1, -0.05) is 23.7 Å².